The number of carbonyl (C=O) groups is 1. The van der Waals surface area contributed by atoms with E-state index in [0.29, 0.717) is 11.7 Å². The molecule has 0 atom stereocenters. The van der Waals surface area contributed by atoms with Crippen molar-refractivity contribution in [2.75, 3.05) is 31.9 Å². The molecule has 4 heterocycles. The zero-order chi connectivity index (χ0) is 22.8. The largest absolute Gasteiger partial charge is 0.368 e. The maximum atomic E-state index is 13.2. The van der Waals surface area contributed by atoms with Gasteiger partial charge in [0, 0.05) is 42.7 Å². The third-order valence-corrected chi connectivity index (χ3v) is 6.98. The lowest BCUT2D eigenvalue weighted by Crippen LogP contribution is -2.48. The lowest BCUT2D eigenvalue weighted by atomic mass is 9.99. The first-order valence-corrected chi connectivity index (χ1v) is 12.0. The minimum Gasteiger partial charge on any atom is -0.368 e. The van der Waals surface area contributed by atoms with Crippen LogP contribution in [0.4, 0.5) is 5.95 Å². The van der Waals surface area contributed by atoms with Crippen molar-refractivity contribution in [3.63, 3.8) is 0 Å². The molecule has 0 saturated carbocycles. The molecule has 1 aromatic carbocycles. The van der Waals surface area contributed by atoms with E-state index in [2.05, 4.69) is 38.9 Å². The first-order chi connectivity index (χ1) is 16.1. The normalized spacial score (nSPS) is 17.9. The van der Waals surface area contributed by atoms with Gasteiger partial charge in [0.1, 0.15) is 5.69 Å². The predicted molar refractivity (Wildman–Crippen MR) is 131 cm³/mol. The summed E-state index contributed by atoms with van der Waals surface area (Å²) in [5.74, 6) is 0.271. The van der Waals surface area contributed by atoms with E-state index >= 15 is 0 Å². The number of likely N-dealkylation sites (tertiary alicyclic amines) is 2. The summed E-state index contributed by atoms with van der Waals surface area (Å²) in [7, 11) is 0. The fraction of sp³-hybridized carbons (Fsp3) is 0.423. The molecule has 1 amide bonds. The number of piperidine rings is 2. The number of rotatable bonds is 4. The van der Waals surface area contributed by atoms with E-state index in [1.54, 1.807) is 6.20 Å². The van der Waals surface area contributed by atoms with Crippen LogP contribution < -0.4 is 5.73 Å². The van der Waals surface area contributed by atoms with Crippen LogP contribution in [0.2, 0.25) is 0 Å². The van der Waals surface area contributed by atoms with Crippen LogP contribution in [0.25, 0.3) is 22.4 Å². The summed E-state index contributed by atoms with van der Waals surface area (Å²) in [5, 5.41) is 0. The Bertz CT molecular complexity index is 1130. The molecule has 3 N–H and O–H groups in total. The number of amides is 1. The summed E-state index contributed by atoms with van der Waals surface area (Å²) in [4.78, 5) is 29.7. The Balaban J connectivity index is 1.33. The van der Waals surface area contributed by atoms with Gasteiger partial charge in [-0.2, -0.15) is 0 Å². The summed E-state index contributed by atoms with van der Waals surface area (Å²) >= 11 is 0. The van der Waals surface area contributed by atoms with Gasteiger partial charge in [0.25, 0.3) is 5.91 Å². The predicted octanol–water partition coefficient (Wildman–Crippen LogP) is 4.12. The third kappa shape index (κ3) is 4.64. The molecule has 172 valence electrons. The highest BCUT2D eigenvalue weighted by Gasteiger charge is 2.28. The van der Waals surface area contributed by atoms with Crippen LogP contribution in [0.3, 0.4) is 0 Å². The number of hydrogen-bond donors (Lipinski definition) is 2. The number of H-pyrrole nitrogens is 1. The van der Waals surface area contributed by atoms with Crippen LogP contribution in [0.5, 0.6) is 0 Å². The van der Waals surface area contributed by atoms with Crippen molar-refractivity contribution in [3.05, 3.63) is 54.0 Å². The van der Waals surface area contributed by atoms with Gasteiger partial charge in [0.05, 0.1) is 5.69 Å². The van der Waals surface area contributed by atoms with Crippen molar-refractivity contribution in [1.29, 1.82) is 0 Å². The van der Waals surface area contributed by atoms with Crippen molar-refractivity contribution in [2.45, 2.75) is 45.1 Å². The average molecular weight is 445 g/mol. The maximum absolute atomic E-state index is 13.2. The smallest absolute Gasteiger partial charge is 0.270 e. The van der Waals surface area contributed by atoms with Crippen LogP contribution in [-0.4, -0.2) is 62.9 Å². The number of benzene rings is 1. The molecule has 2 saturated heterocycles. The molecule has 0 unspecified atom stereocenters. The van der Waals surface area contributed by atoms with Gasteiger partial charge in [-0.05, 0) is 57.3 Å². The van der Waals surface area contributed by atoms with Gasteiger partial charge in [0.2, 0.25) is 5.95 Å². The average Bonchev–Trinajstić information content (AvgIpc) is 3.34. The molecule has 2 aliphatic rings. The molecule has 33 heavy (non-hydrogen) atoms. The Kier molecular flexibility index (Phi) is 6.13. The highest BCUT2D eigenvalue weighted by Crippen LogP contribution is 2.32. The number of nitrogens with zero attached hydrogens (tertiary/aromatic N) is 4. The molecule has 0 bridgehead atoms. The Hall–Kier alpha value is -3.19. The van der Waals surface area contributed by atoms with E-state index in [9.17, 15) is 4.79 Å². The van der Waals surface area contributed by atoms with Gasteiger partial charge in [-0.15, -0.1) is 0 Å². The molecule has 0 spiro atoms. The fourth-order valence-electron chi connectivity index (χ4n) is 5.18. The highest BCUT2D eigenvalue weighted by molar-refractivity contribution is 5.94. The van der Waals surface area contributed by atoms with Gasteiger partial charge in [-0.25, -0.2) is 9.97 Å². The molecule has 0 radical (unpaired) electrons. The van der Waals surface area contributed by atoms with Gasteiger partial charge < -0.3 is 20.5 Å². The Morgan fingerprint density at radius 2 is 1.85 bits per heavy atom. The number of hydrogen-bond acceptors (Lipinski definition) is 5. The fourth-order valence-corrected chi connectivity index (χ4v) is 5.18. The van der Waals surface area contributed by atoms with E-state index in [4.69, 9.17) is 5.73 Å². The summed E-state index contributed by atoms with van der Waals surface area (Å²) < 4.78 is 0. The molecule has 5 rings (SSSR count). The van der Waals surface area contributed by atoms with Crippen LogP contribution in [0.1, 0.15) is 48.2 Å². The molecule has 0 aliphatic carbocycles. The van der Waals surface area contributed by atoms with E-state index in [1.165, 1.54) is 32.4 Å². The van der Waals surface area contributed by atoms with Crippen LogP contribution >= 0.6 is 0 Å². The summed E-state index contributed by atoms with van der Waals surface area (Å²) in [6, 6.07) is 10.7. The molecule has 3 aromatic rings. The van der Waals surface area contributed by atoms with Crippen molar-refractivity contribution in [3.8, 4) is 22.4 Å². The molecule has 2 fully saturated rings. The third-order valence-electron chi connectivity index (χ3n) is 6.98. The van der Waals surface area contributed by atoms with Gasteiger partial charge in [0.15, 0.2) is 0 Å². The SMILES string of the molecule is Cc1cccc(-c2cnc(N)nc2-c2c[nH]c(C(=O)N3CCC(N4CCCCC4)CC3)c2)c1. The first-order valence-electron chi connectivity index (χ1n) is 12.0. The van der Waals surface area contributed by atoms with Crippen LogP contribution in [0, 0.1) is 6.92 Å². The number of carbonyl (C=O) groups excluding carboxylic acids is 1. The zero-order valence-corrected chi connectivity index (χ0v) is 19.3. The second kappa shape index (κ2) is 9.35. The molecule has 2 aromatic heterocycles. The topological polar surface area (TPSA) is 91.1 Å². The maximum Gasteiger partial charge on any atom is 0.270 e. The zero-order valence-electron chi connectivity index (χ0n) is 19.3. The number of nitrogen functional groups attached to an aromatic ring is 1. The minimum absolute atomic E-state index is 0.0532. The van der Waals surface area contributed by atoms with Crippen LogP contribution in [0.15, 0.2) is 42.7 Å². The van der Waals surface area contributed by atoms with E-state index in [0.717, 1.165) is 53.9 Å². The first kappa shape index (κ1) is 21.6. The number of aromatic nitrogens is 3. The Labute approximate surface area is 195 Å². The van der Waals surface area contributed by atoms with Gasteiger partial charge >= 0.3 is 0 Å². The number of nitrogens with one attached hydrogen (secondary N) is 1. The summed E-state index contributed by atoms with van der Waals surface area (Å²) in [6.45, 7) is 6.10. The second-order valence-electron chi connectivity index (χ2n) is 9.28. The van der Waals surface area contributed by atoms with Crippen molar-refractivity contribution < 1.29 is 4.79 Å². The van der Waals surface area contributed by atoms with Gasteiger partial charge in [-0.1, -0.05) is 36.2 Å². The number of aromatic amines is 1. The van der Waals surface area contributed by atoms with E-state index in [-0.39, 0.29) is 11.9 Å². The summed E-state index contributed by atoms with van der Waals surface area (Å²) in [6.07, 6.45) is 9.68. The lowest BCUT2D eigenvalue weighted by molar-refractivity contribution is 0.0585. The second-order valence-corrected chi connectivity index (χ2v) is 9.28. The van der Waals surface area contributed by atoms with Crippen molar-refractivity contribution in [2.24, 2.45) is 0 Å². The summed E-state index contributed by atoms with van der Waals surface area (Å²) in [5.41, 5.74) is 11.2. The number of nitrogens with two attached hydrogens (primary N) is 1. The molecule has 7 heteroatoms. The van der Waals surface area contributed by atoms with Gasteiger partial charge in [-0.3, -0.25) is 4.79 Å². The quantitative estimate of drug-likeness (QED) is 0.632. The lowest BCUT2D eigenvalue weighted by Gasteiger charge is -2.40. The van der Waals surface area contributed by atoms with E-state index < -0.39 is 0 Å². The van der Waals surface area contributed by atoms with Crippen molar-refractivity contribution in [1.82, 2.24) is 24.8 Å². The molecular weight excluding hydrogens is 412 g/mol. The number of aryl methyl sites for hydroxylation is 1. The van der Waals surface area contributed by atoms with Crippen LogP contribution in [-0.2, 0) is 0 Å². The highest BCUT2D eigenvalue weighted by atomic mass is 16.2. The molecule has 7 nitrogen and oxygen atoms in total. The Morgan fingerprint density at radius 3 is 2.61 bits per heavy atom. The molecular formula is C26H32N6O. The molecule has 2 aliphatic heterocycles. The van der Waals surface area contributed by atoms with Crippen molar-refractivity contribution >= 4 is 11.9 Å². The Morgan fingerprint density at radius 1 is 1.06 bits per heavy atom. The number of anilines is 1. The minimum atomic E-state index is 0.0532. The monoisotopic (exact) mass is 444 g/mol. The standard InChI is InChI=1S/C26H32N6O/c1-18-6-5-7-19(14-18)22-17-29-26(27)30-24(22)20-15-23(28-16-20)25(33)32-12-8-21(9-13-32)31-10-3-2-4-11-31/h5-7,14-17,21,28H,2-4,8-13H2,1H3,(H2,27,29,30). The van der Waals surface area contributed by atoms with E-state index in [1.807, 2.05) is 29.3 Å².